The quantitative estimate of drug-likeness (QED) is 0.0277. The molecule has 362 valence electrons. The average molecular weight is 923 g/mol. The fraction of sp³-hybridized carbons (Fsp3) is 0.483. The largest absolute Gasteiger partial charge is 0.872 e. The topological polar surface area (TPSA) is 196 Å². The summed E-state index contributed by atoms with van der Waals surface area (Å²) < 4.78 is 0. The van der Waals surface area contributed by atoms with Crippen LogP contribution in [0.4, 0.5) is 5.82 Å². The number of unbranched alkanes of at least 4 members (excludes halogenated alkanes) is 4. The van der Waals surface area contributed by atoms with Gasteiger partial charge in [-0.05, 0) is 153 Å². The number of fused-ring (bicyclic) bond motifs is 1. The number of aromatic nitrogens is 2. The molecule has 10 atom stereocenters. The van der Waals surface area contributed by atoms with E-state index in [0.717, 1.165) is 65.7 Å². The number of aliphatic hydroxyl groups excluding tert-OH is 2. The summed E-state index contributed by atoms with van der Waals surface area (Å²) >= 11 is 0. The van der Waals surface area contributed by atoms with Crippen LogP contribution in [0.15, 0.2) is 109 Å². The molecule has 2 saturated carbocycles. The number of hydrogen-bond donors (Lipinski definition) is 7. The molecular weight excluding hydrogens is 851 g/mol. The summed E-state index contributed by atoms with van der Waals surface area (Å²) in [5.41, 5.74) is 11.6. The number of aliphatic carboxylic acids is 1. The lowest BCUT2D eigenvalue weighted by Gasteiger charge is -2.45. The van der Waals surface area contributed by atoms with Crippen molar-refractivity contribution in [3.8, 4) is 33.9 Å². The number of benzene rings is 3. The van der Waals surface area contributed by atoms with Crippen LogP contribution in [0.5, 0.6) is 11.5 Å². The number of pyridine rings is 1. The standard InChI is InChI=1S/C58H73N3O7/c1-2-3-7-14-38-21-22-41(52(63)29-38)19-12-6-13-20-47(57(66)67)56(65)42-23-24-51-43(27-39-25-26-60-54(59)30-39)31-44(58(51,68)36-42)32-45-33-48(40-17-10-5-11-18-40)55(61-45)50-34-46(62)35-53(64)49(50)28-37-15-8-4-9-16-37/h4-5,8-11,15-18,21-22,25-26,30,33-35,38,41-44,47,51-52,56,61-65,68H,2-3,6-7,12-14,19-20,23-24,27-29,31-32,36H2,1H3,(H2,59,60)(H,66,67)/p-1. The van der Waals surface area contributed by atoms with Crippen molar-refractivity contribution in [3.05, 3.63) is 132 Å². The molecule has 2 heterocycles. The lowest BCUT2D eigenvalue weighted by Crippen LogP contribution is -2.50. The van der Waals surface area contributed by atoms with Crippen molar-refractivity contribution in [3.63, 3.8) is 0 Å². The molecule has 8 N–H and O–H groups in total. The van der Waals surface area contributed by atoms with E-state index in [-0.39, 0.29) is 41.3 Å². The second kappa shape index (κ2) is 22.3. The Labute approximate surface area is 402 Å². The van der Waals surface area contributed by atoms with Crippen molar-refractivity contribution in [2.24, 2.45) is 41.4 Å². The normalized spacial score (nSPS) is 25.5. The summed E-state index contributed by atoms with van der Waals surface area (Å²) in [7, 11) is 0. The van der Waals surface area contributed by atoms with Gasteiger partial charge < -0.3 is 41.4 Å². The van der Waals surface area contributed by atoms with Crippen LogP contribution in [0, 0.1) is 41.4 Å². The molecule has 5 aromatic rings. The number of nitrogens with one attached hydrogen (secondary N) is 1. The number of phenols is 1. The lowest BCUT2D eigenvalue weighted by atomic mass is 9.64. The van der Waals surface area contributed by atoms with Gasteiger partial charge in [0.1, 0.15) is 11.6 Å². The molecule has 8 rings (SSSR count). The third-order valence-electron chi connectivity index (χ3n) is 16.0. The van der Waals surface area contributed by atoms with Crippen LogP contribution < -0.4 is 10.8 Å². The van der Waals surface area contributed by atoms with Crippen LogP contribution in [-0.2, 0) is 24.1 Å². The number of hydrogen-bond acceptors (Lipinski definition) is 8. The maximum atomic E-state index is 13.7. The van der Waals surface area contributed by atoms with Crippen LogP contribution in [0.2, 0.25) is 0 Å². The minimum atomic E-state index is -1.19. The number of phenolic OH excluding ortho intramolecular Hbond substituents is 1. The number of nitrogens with zero attached hydrogens (tertiary/aromatic N) is 1. The Morgan fingerprint density at radius 2 is 1.65 bits per heavy atom. The van der Waals surface area contributed by atoms with Crippen molar-refractivity contribution in [1.29, 1.82) is 0 Å². The van der Waals surface area contributed by atoms with Crippen molar-refractivity contribution in [1.82, 2.24) is 9.97 Å². The van der Waals surface area contributed by atoms with Gasteiger partial charge in [0, 0.05) is 28.9 Å². The third kappa shape index (κ3) is 11.5. The van der Waals surface area contributed by atoms with Crippen LogP contribution in [0.1, 0.15) is 119 Å². The molecule has 0 saturated heterocycles. The second-order valence-electron chi connectivity index (χ2n) is 20.6. The molecule has 10 nitrogen and oxygen atoms in total. The monoisotopic (exact) mass is 923 g/mol. The number of aromatic hydroxyl groups is 1. The van der Waals surface area contributed by atoms with E-state index in [1.165, 1.54) is 25.3 Å². The molecule has 2 aromatic heterocycles. The Balaban J connectivity index is 1.02. The molecule has 0 spiro atoms. The number of rotatable bonds is 21. The van der Waals surface area contributed by atoms with Gasteiger partial charge in [-0.2, -0.15) is 0 Å². The summed E-state index contributed by atoms with van der Waals surface area (Å²) in [6, 6.07) is 28.7. The summed E-state index contributed by atoms with van der Waals surface area (Å²) in [6.07, 6.45) is 17.7. The van der Waals surface area contributed by atoms with E-state index in [2.05, 4.69) is 35.1 Å². The van der Waals surface area contributed by atoms with Gasteiger partial charge in [-0.15, -0.1) is 5.75 Å². The molecule has 68 heavy (non-hydrogen) atoms. The van der Waals surface area contributed by atoms with E-state index in [1.807, 2.05) is 72.8 Å². The molecule has 0 bridgehead atoms. The predicted octanol–water partition coefficient (Wildman–Crippen LogP) is 10.4. The van der Waals surface area contributed by atoms with Crippen molar-refractivity contribution in [2.45, 2.75) is 134 Å². The third-order valence-corrected chi connectivity index (χ3v) is 16.0. The number of nitrogens with two attached hydrogens (primary N) is 1. The molecule has 2 fully saturated rings. The van der Waals surface area contributed by atoms with Crippen LogP contribution in [0.3, 0.4) is 0 Å². The number of aromatic amines is 1. The van der Waals surface area contributed by atoms with E-state index >= 15 is 0 Å². The number of nitrogen functional groups attached to an aromatic ring is 1. The zero-order valence-corrected chi connectivity index (χ0v) is 39.7. The molecule has 3 aliphatic rings. The van der Waals surface area contributed by atoms with Gasteiger partial charge in [0.15, 0.2) is 0 Å². The molecule has 0 amide bonds. The van der Waals surface area contributed by atoms with E-state index in [0.29, 0.717) is 80.7 Å². The Bertz CT molecular complexity index is 2450. The molecule has 0 aliphatic heterocycles. The highest BCUT2D eigenvalue weighted by Gasteiger charge is 2.57. The second-order valence-corrected chi connectivity index (χ2v) is 20.6. The zero-order valence-electron chi connectivity index (χ0n) is 39.7. The van der Waals surface area contributed by atoms with Gasteiger partial charge in [-0.25, -0.2) is 4.98 Å². The van der Waals surface area contributed by atoms with Gasteiger partial charge in [0.05, 0.1) is 29.4 Å². The van der Waals surface area contributed by atoms with Gasteiger partial charge in [0.25, 0.3) is 0 Å². The number of anilines is 1. The van der Waals surface area contributed by atoms with Crippen molar-refractivity contribution < 1.29 is 35.4 Å². The van der Waals surface area contributed by atoms with Gasteiger partial charge in [-0.3, -0.25) is 4.79 Å². The summed E-state index contributed by atoms with van der Waals surface area (Å²) in [4.78, 5) is 20.8. The van der Waals surface area contributed by atoms with Crippen LogP contribution in [-0.4, -0.2) is 59.3 Å². The number of aliphatic hydroxyl groups is 3. The number of carbonyl (C=O) groups is 1. The van der Waals surface area contributed by atoms with Gasteiger partial charge in [-0.1, -0.05) is 118 Å². The molecule has 10 unspecified atom stereocenters. The minimum Gasteiger partial charge on any atom is -0.872 e. The van der Waals surface area contributed by atoms with Crippen LogP contribution >= 0.6 is 0 Å². The van der Waals surface area contributed by atoms with Crippen LogP contribution in [0.25, 0.3) is 22.4 Å². The van der Waals surface area contributed by atoms with Gasteiger partial charge in [0.2, 0.25) is 0 Å². The Morgan fingerprint density at radius 1 is 0.882 bits per heavy atom. The smallest absolute Gasteiger partial charge is 0.309 e. The van der Waals surface area contributed by atoms with E-state index in [4.69, 9.17) is 5.73 Å². The molecule has 3 aliphatic carbocycles. The highest BCUT2D eigenvalue weighted by molar-refractivity contribution is 5.85. The van der Waals surface area contributed by atoms with Gasteiger partial charge >= 0.3 is 5.97 Å². The number of carboxylic acid groups (broad SMARTS) is 1. The maximum Gasteiger partial charge on any atom is 0.309 e. The summed E-state index contributed by atoms with van der Waals surface area (Å²) in [5, 5.41) is 71.2. The van der Waals surface area contributed by atoms with E-state index in [1.54, 1.807) is 12.3 Å². The predicted molar refractivity (Wildman–Crippen MR) is 267 cm³/mol. The summed E-state index contributed by atoms with van der Waals surface area (Å²) in [6.45, 7) is 2.21. The Morgan fingerprint density at radius 3 is 2.38 bits per heavy atom. The molecule has 10 heteroatoms. The molecule has 0 radical (unpaired) electrons. The lowest BCUT2D eigenvalue weighted by molar-refractivity contribution is -0.269. The SMILES string of the molecule is CCCCCC1C=CC(CCCCCC(C(=O)O)C(O)C2CCC3C(Cc4ccnc(N)c4)CC(Cc4cc(-c5ccccc5)c(-c5cc(O)cc([O-])c5Cc5ccccc5)[nH]4)C3(O)C2)C(O)C1. The Hall–Kier alpha value is -5.42. The van der Waals surface area contributed by atoms with E-state index < -0.39 is 29.5 Å². The first-order chi connectivity index (χ1) is 32.9. The minimum absolute atomic E-state index is 0.0842. The fourth-order valence-corrected chi connectivity index (χ4v) is 12.5. The first-order valence-electron chi connectivity index (χ1n) is 25.4. The van der Waals surface area contributed by atoms with E-state index in [9.17, 15) is 35.4 Å². The highest BCUT2D eigenvalue weighted by Crippen LogP contribution is 2.56. The number of allylic oxidation sites excluding steroid dienone is 1. The van der Waals surface area contributed by atoms with Crippen molar-refractivity contribution in [2.75, 3.05) is 5.73 Å². The fourth-order valence-electron chi connectivity index (χ4n) is 12.5. The maximum absolute atomic E-state index is 13.7. The first-order valence-corrected chi connectivity index (χ1v) is 25.4. The highest BCUT2D eigenvalue weighted by atomic mass is 16.4. The number of H-pyrrole nitrogens is 1. The average Bonchev–Trinajstić information content (AvgIpc) is 3.86. The van der Waals surface area contributed by atoms with Crippen molar-refractivity contribution >= 4 is 11.8 Å². The summed E-state index contributed by atoms with van der Waals surface area (Å²) in [5.74, 6) is -1.90. The number of carboxylic acids is 1. The zero-order chi connectivity index (χ0) is 47.8. The first kappa shape index (κ1) is 49.0. The molecule has 3 aromatic carbocycles. The molecular formula is C58H72N3O7-. The Kier molecular flexibility index (Phi) is 16.1.